The third-order valence-corrected chi connectivity index (χ3v) is 4.42. The molecule has 0 amide bonds. The lowest BCUT2D eigenvalue weighted by atomic mass is 10.1. The normalized spacial score (nSPS) is 11.1. The summed E-state index contributed by atoms with van der Waals surface area (Å²) < 4.78 is 49.1. The van der Waals surface area contributed by atoms with Gasteiger partial charge in [0.2, 0.25) is 0 Å². The van der Waals surface area contributed by atoms with Crippen molar-refractivity contribution in [3.8, 4) is 16.8 Å². The molecule has 3 N–H and O–H groups in total. The maximum atomic E-state index is 13.7. The number of carbonyl (C=O) groups is 1. The van der Waals surface area contributed by atoms with Gasteiger partial charge in [0.25, 0.3) is 0 Å². The Morgan fingerprint density at radius 2 is 1.67 bits per heavy atom. The Morgan fingerprint density at radius 1 is 0.970 bits per heavy atom. The molecule has 7 nitrogen and oxygen atoms in total. The van der Waals surface area contributed by atoms with Crippen molar-refractivity contribution in [3.05, 3.63) is 90.3 Å². The predicted octanol–water partition coefficient (Wildman–Crippen LogP) is 4.02. The molecular weight excluding hydrogens is 442 g/mol. The van der Waals surface area contributed by atoms with Gasteiger partial charge >= 0.3 is 12.1 Å². The van der Waals surface area contributed by atoms with E-state index in [4.69, 9.17) is 15.6 Å². The van der Waals surface area contributed by atoms with E-state index in [1.807, 2.05) is 41.3 Å². The lowest BCUT2D eigenvalue weighted by Gasteiger charge is -2.02. The van der Waals surface area contributed by atoms with E-state index >= 15 is 0 Å². The van der Waals surface area contributed by atoms with E-state index in [1.54, 1.807) is 17.1 Å². The summed E-state index contributed by atoms with van der Waals surface area (Å²) in [6.45, 7) is 0.990. The lowest BCUT2D eigenvalue weighted by Crippen LogP contribution is -2.21. The molecule has 4 aromatic rings. The first-order valence-corrected chi connectivity index (χ1v) is 9.57. The number of carboxylic acids is 1. The summed E-state index contributed by atoms with van der Waals surface area (Å²) in [6, 6.07) is 14.9. The molecule has 0 spiro atoms. The van der Waals surface area contributed by atoms with E-state index in [0.717, 1.165) is 22.4 Å². The van der Waals surface area contributed by atoms with Crippen LogP contribution in [0.1, 0.15) is 11.1 Å². The number of rotatable bonds is 5. The van der Waals surface area contributed by atoms with Crippen molar-refractivity contribution in [2.75, 3.05) is 0 Å². The van der Waals surface area contributed by atoms with Gasteiger partial charge in [-0.05, 0) is 34.9 Å². The molecule has 2 aromatic carbocycles. The molecular formula is C22H19F4N5O2. The third kappa shape index (κ3) is 6.50. The van der Waals surface area contributed by atoms with Gasteiger partial charge in [-0.1, -0.05) is 30.3 Å². The Balaban J connectivity index is 0.000000383. The van der Waals surface area contributed by atoms with Gasteiger partial charge in [0.15, 0.2) is 0 Å². The molecule has 172 valence electrons. The molecule has 0 atom stereocenters. The zero-order valence-corrected chi connectivity index (χ0v) is 17.1. The molecule has 0 saturated carbocycles. The maximum Gasteiger partial charge on any atom is 0.490 e. The molecule has 0 fully saturated rings. The van der Waals surface area contributed by atoms with Gasteiger partial charge in [-0.25, -0.2) is 13.9 Å². The average molecular weight is 461 g/mol. The minimum absolute atomic E-state index is 0.297. The Morgan fingerprint density at radius 3 is 2.30 bits per heavy atom. The van der Waals surface area contributed by atoms with Crippen LogP contribution in [0.15, 0.2) is 73.3 Å². The van der Waals surface area contributed by atoms with Crippen molar-refractivity contribution in [3.63, 3.8) is 0 Å². The van der Waals surface area contributed by atoms with Gasteiger partial charge in [-0.3, -0.25) is 4.68 Å². The van der Waals surface area contributed by atoms with Crippen LogP contribution in [0.25, 0.3) is 16.8 Å². The highest BCUT2D eigenvalue weighted by atomic mass is 19.4. The van der Waals surface area contributed by atoms with Crippen molar-refractivity contribution in [2.45, 2.75) is 19.3 Å². The fourth-order valence-electron chi connectivity index (χ4n) is 2.88. The Kier molecular flexibility index (Phi) is 7.23. The third-order valence-electron chi connectivity index (χ3n) is 4.42. The molecule has 0 aliphatic rings. The number of alkyl halides is 3. The maximum absolute atomic E-state index is 13.7. The first-order chi connectivity index (χ1) is 15.7. The van der Waals surface area contributed by atoms with Crippen molar-refractivity contribution in [1.82, 2.24) is 19.6 Å². The Hall–Kier alpha value is -3.99. The molecule has 11 heteroatoms. The van der Waals surface area contributed by atoms with E-state index in [2.05, 4.69) is 22.3 Å². The highest BCUT2D eigenvalue weighted by molar-refractivity contribution is 5.73. The number of aliphatic carboxylic acids is 1. The van der Waals surface area contributed by atoms with Crippen molar-refractivity contribution in [2.24, 2.45) is 5.73 Å². The second-order valence-electron chi connectivity index (χ2n) is 6.91. The van der Waals surface area contributed by atoms with Crippen LogP contribution in [0.4, 0.5) is 17.6 Å². The quantitative estimate of drug-likeness (QED) is 0.438. The lowest BCUT2D eigenvalue weighted by molar-refractivity contribution is -0.192. The highest BCUT2D eigenvalue weighted by Gasteiger charge is 2.38. The molecule has 0 unspecified atom stereocenters. The molecule has 4 rings (SSSR count). The van der Waals surface area contributed by atoms with E-state index in [0.29, 0.717) is 13.1 Å². The van der Waals surface area contributed by atoms with Crippen molar-refractivity contribution in [1.29, 1.82) is 0 Å². The summed E-state index contributed by atoms with van der Waals surface area (Å²) in [6.07, 6.45) is 2.18. The fraction of sp³-hybridized carbons (Fsp3) is 0.136. The number of carboxylic acid groups (broad SMARTS) is 1. The number of hydrogen-bond acceptors (Lipinski definition) is 4. The predicted molar refractivity (Wildman–Crippen MR) is 112 cm³/mol. The summed E-state index contributed by atoms with van der Waals surface area (Å²) in [4.78, 5) is 8.90. The van der Waals surface area contributed by atoms with E-state index in [-0.39, 0.29) is 5.82 Å². The average Bonchev–Trinajstić information content (AvgIpc) is 3.43. The van der Waals surface area contributed by atoms with Crippen LogP contribution in [-0.4, -0.2) is 36.8 Å². The summed E-state index contributed by atoms with van der Waals surface area (Å²) in [5.41, 5.74) is 10.00. The summed E-state index contributed by atoms with van der Waals surface area (Å²) >= 11 is 0. The minimum Gasteiger partial charge on any atom is -0.475 e. The van der Waals surface area contributed by atoms with Gasteiger partial charge in [0, 0.05) is 18.3 Å². The highest BCUT2D eigenvalue weighted by Crippen LogP contribution is 2.23. The van der Waals surface area contributed by atoms with Crippen LogP contribution in [0, 0.1) is 5.82 Å². The van der Waals surface area contributed by atoms with Gasteiger partial charge in [0.1, 0.15) is 11.5 Å². The van der Waals surface area contributed by atoms with Gasteiger partial charge in [-0.2, -0.15) is 23.4 Å². The summed E-state index contributed by atoms with van der Waals surface area (Å²) in [5.74, 6) is -3.06. The molecule has 0 saturated heterocycles. The first-order valence-electron chi connectivity index (χ1n) is 9.57. The van der Waals surface area contributed by atoms with Crippen LogP contribution in [0.2, 0.25) is 0 Å². The number of nitrogens with zero attached hydrogens (tertiary/aromatic N) is 4. The zero-order chi connectivity index (χ0) is 24.0. The second-order valence-corrected chi connectivity index (χ2v) is 6.91. The largest absolute Gasteiger partial charge is 0.490 e. The second kappa shape index (κ2) is 10.1. The standard InChI is InChI=1S/C20H18FN5.C2HF3O2/c21-19-7-16(9-22)6-17(8-19)18-10-24-26(13-18)20-11-23-25(14-20)12-15-4-2-1-3-5-15;3-2(4,5)1(6)7/h1-8,10-11,13-14H,9,12,22H2;(H,6,7). The fourth-order valence-corrected chi connectivity index (χ4v) is 2.88. The molecule has 2 aromatic heterocycles. The van der Waals surface area contributed by atoms with Crippen LogP contribution >= 0.6 is 0 Å². The van der Waals surface area contributed by atoms with Crippen molar-refractivity contribution >= 4 is 5.97 Å². The molecule has 0 aliphatic carbocycles. The number of nitrogens with two attached hydrogens (primary N) is 1. The zero-order valence-electron chi connectivity index (χ0n) is 17.1. The number of benzene rings is 2. The Bertz CT molecular complexity index is 1220. The van der Waals surface area contributed by atoms with Crippen LogP contribution < -0.4 is 5.73 Å². The Labute approximate surface area is 185 Å². The van der Waals surface area contributed by atoms with E-state index in [9.17, 15) is 17.6 Å². The van der Waals surface area contributed by atoms with Crippen LogP contribution in [0.3, 0.4) is 0 Å². The smallest absolute Gasteiger partial charge is 0.475 e. The minimum atomic E-state index is -5.08. The van der Waals surface area contributed by atoms with Gasteiger partial charge < -0.3 is 10.8 Å². The number of aromatic nitrogens is 4. The number of halogens is 4. The molecule has 0 bridgehead atoms. The SMILES string of the molecule is NCc1cc(F)cc(-c2cnn(-c3cnn(Cc4ccccc4)c3)c2)c1.O=C(O)C(F)(F)F. The van der Waals surface area contributed by atoms with E-state index in [1.165, 1.54) is 17.7 Å². The van der Waals surface area contributed by atoms with Crippen LogP contribution in [0.5, 0.6) is 0 Å². The molecule has 0 aliphatic heterocycles. The van der Waals surface area contributed by atoms with Crippen molar-refractivity contribution < 1.29 is 27.5 Å². The first kappa shape index (κ1) is 23.7. The van der Waals surface area contributed by atoms with Crippen LogP contribution in [-0.2, 0) is 17.9 Å². The number of hydrogen-bond donors (Lipinski definition) is 2. The monoisotopic (exact) mass is 461 g/mol. The molecule has 33 heavy (non-hydrogen) atoms. The van der Waals surface area contributed by atoms with E-state index < -0.39 is 12.1 Å². The summed E-state index contributed by atoms with van der Waals surface area (Å²) in [7, 11) is 0. The topological polar surface area (TPSA) is 99.0 Å². The molecule has 2 heterocycles. The molecule has 0 radical (unpaired) electrons. The van der Waals surface area contributed by atoms with Gasteiger partial charge in [0.05, 0.1) is 25.1 Å². The van der Waals surface area contributed by atoms with Gasteiger partial charge in [-0.15, -0.1) is 0 Å². The summed E-state index contributed by atoms with van der Waals surface area (Å²) in [5, 5.41) is 15.9.